The van der Waals surface area contributed by atoms with E-state index in [0.717, 1.165) is 17.7 Å². The number of carboxylic acids is 2. The molecular weight excluding hydrogens is 276 g/mol. The number of hydrogen-bond acceptors (Lipinski definition) is 4. The van der Waals surface area contributed by atoms with E-state index < -0.39 is 11.9 Å². The lowest BCUT2D eigenvalue weighted by molar-refractivity contribution is -0.159. The summed E-state index contributed by atoms with van der Waals surface area (Å²) in [4.78, 5) is 21.5. The van der Waals surface area contributed by atoms with Crippen molar-refractivity contribution in [1.82, 2.24) is 4.98 Å². The highest BCUT2D eigenvalue weighted by Crippen LogP contribution is 2.29. The van der Waals surface area contributed by atoms with Crippen LogP contribution in [0.5, 0.6) is 5.75 Å². The number of rotatable bonds is 3. The molecule has 0 unspecified atom stereocenters. The maximum atomic E-state index is 9.10. The predicted octanol–water partition coefficient (Wildman–Crippen LogP) is 1.14. The zero-order chi connectivity index (χ0) is 16.0. The van der Waals surface area contributed by atoms with E-state index >= 15 is 0 Å². The molecule has 0 aliphatic heterocycles. The Bertz CT molecular complexity index is 636. The number of aryl methyl sites for hydroxylation is 1. The van der Waals surface area contributed by atoms with Gasteiger partial charge in [0.1, 0.15) is 5.75 Å². The molecule has 0 aliphatic rings. The van der Waals surface area contributed by atoms with Crippen molar-refractivity contribution in [2.45, 2.75) is 13.3 Å². The number of nitrogens with one attached hydrogen (secondary N) is 1. The monoisotopic (exact) mass is 294 g/mol. The van der Waals surface area contributed by atoms with E-state index in [1.54, 1.807) is 7.11 Å². The van der Waals surface area contributed by atoms with Crippen molar-refractivity contribution in [1.29, 1.82) is 0 Å². The second-order valence-corrected chi connectivity index (χ2v) is 4.26. The summed E-state index contributed by atoms with van der Waals surface area (Å²) in [6.45, 7) is 2.75. The summed E-state index contributed by atoms with van der Waals surface area (Å²) in [5.41, 5.74) is 9.15. The minimum absolute atomic E-state index is 0.672. The molecule has 7 nitrogen and oxygen atoms in total. The third-order valence-corrected chi connectivity index (χ3v) is 2.91. The molecule has 114 valence electrons. The average Bonchev–Trinajstić information content (AvgIpc) is 2.76. The first-order valence-corrected chi connectivity index (χ1v) is 6.22. The Labute approximate surface area is 121 Å². The third-order valence-electron chi connectivity index (χ3n) is 2.91. The highest BCUT2D eigenvalue weighted by atomic mass is 16.5. The van der Waals surface area contributed by atoms with Crippen LogP contribution in [0.2, 0.25) is 0 Å². The summed E-state index contributed by atoms with van der Waals surface area (Å²) in [6.07, 6.45) is 0.902. The summed E-state index contributed by atoms with van der Waals surface area (Å²) in [7, 11) is 1.69. The number of aliphatic carboxylic acids is 2. The number of para-hydroxylation sites is 1. The molecule has 2 rings (SSSR count). The van der Waals surface area contributed by atoms with Gasteiger partial charge in [0.05, 0.1) is 12.6 Å². The van der Waals surface area contributed by atoms with Gasteiger partial charge in [-0.05, 0) is 31.5 Å². The van der Waals surface area contributed by atoms with Crippen LogP contribution in [0.25, 0.3) is 10.9 Å². The van der Waals surface area contributed by atoms with Gasteiger partial charge in [0.25, 0.3) is 0 Å². The fourth-order valence-electron chi connectivity index (χ4n) is 2.01. The number of hydrogen-bond donors (Lipinski definition) is 4. The van der Waals surface area contributed by atoms with Gasteiger partial charge in [-0.15, -0.1) is 0 Å². The van der Waals surface area contributed by atoms with Crippen molar-refractivity contribution in [3.8, 4) is 5.75 Å². The quantitative estimate of drug-likeness (QED) is 0.629. The maximum absolute atomic E-state index is 9.10. The predicted molar refractivity (Wildman–Crippen MR) is 77.6 cm³/mol. The molecule has 2 aromatic rings. The summed E-state index contributed by atoms with van der Waals surface area (Å²) >= 11 is 0. The third kappa shape index (κ3) is 3.96. The fraction of sp³-hybridized carbons (Fsp3) is 0.286. The Morgan fingerprint density at radius 3 is 2.38 bits per heavy atom. The van der Waals surface area contributed by atoms with Gasteiger partial charge < -0.3 is 25.7 Å². The van der Waals surface area contributed by atoms with E-state index in [4.69, 9.17) is 30.3 Å². The van der Waals surface area contributed by atoms with Gasteiger partial charge in [0, 0.05) is 11.1 Å². The van der Waals surface area contributed by atoms with Crippen molar-refractivity contribution in [2.75, 3.05) is 13.7 Å². The number of nitrogens with two attached hydrogens (primary N) is 1. The van der Waals surface area contributed by atoms with Crippen molar-refractivity contribution in [2.24, 2.45) is 5.73 Å². The van der Waals surface area contributed by atoms with Gasteiger partial charge in [-0.3, -0.25) is 0 Å². The summed E-state index contributed by atoms with van der Waals surface area (Å²) in [5, 5.41) is 16.0. The number of carbonyl (C=O) groups is 2. The Morgan fingerprint density at radius 2 is 1.90 bits per heavy atom. The van der Waals surface area contributed by atoms with Gasteiger partial charge in [0.15, 0.2) is 0 Å². The first-order chi connectivity index (χ1) is 9.92. The topological polar surface area (TPSA) is 126 Å². The largest absolute Gasteiger partial charge is 0.495 e. The number of aromatic nitrogens is 1. The van der Waals surface area contributed by atoms with Gasteiger partial charge >= 0.3 is 11.9 Å². The standard InChI is InChI=1S/C12H16N2O.C2H2O4/c1-8-9(6-7-13)10-4-3-5-11(15-2)12(10)14-8;3-1(4)2(5)6/h3-5,14H,6-7,13H2,1-2H3;(H,3,4)(H,5,6). The zero-order valence-electron chi connectivity index (χ0n) is 11.8. The Kier molecular flexibility index (Phi) is 5.74. The lowest BCUT2D eigenvalue weighted by Gasteiger charge is -2.01. The molecule has 1 aromatic carbocycles. The molecule has 0 radical (unpaired) electrons. The molecule has 7 heteroatoms. The van der Waals surface area contributed by atoms with Gasteiger partial charge in [0.2, 0.25) is 0 Å². The van der Waals surface area contributed by atoms with Gasteiger partial charge in [-0.2, -0.15) is 0 Å². The summed E-state index contributed by atoms with van der Waals surface area (Å²) in [5.74, 6) is -2.76. The highest BCUT2D eigenvalue weighted by molar-refractivity contribution is 6.27. The molecule has 1 heterocycles. The average molecular weight is 294 g/mol. The van der Waals surface area contributed by atoms with E-state index in [2.05, 4.69) is 18.0 Å². The Balaban J connectivity index is 0.000000315. The van der Waals surface area contributed by atoms with Crippen LogP contribution in [0, 0.1) is 6.92 Å². The van der Waals surface area contributed by atoms with Crippen LogP contribution in [0.1, 0.15) is 11.3 Å². The molecule has 0 atom stereocenters. The molecule has 0 spiro atoms. The van der Waals surface area contributed by atoms with Crippen molar-refractivity contribution in [3.05, 3.63) is 29.5 Å². The second-order valence-electron chi connectivity index (χ2n) is 4.26. The number of ether oxygens (including phenoxy) is 1. The first-order valence-electron chi connectivity index (χ1n) is 6.22. The molecule has 1 aromatic heterocycles. The molecule has 0 aliphatic carbocycles. The second kappa shape index (κ2) is 7.30. The minimum atomic E-state index is -1.82. The van der Waals surface area contributed by atoms with E-state index in [0.29, 0.717) is 6.54 Å². The van der Waals surface area contributed by atoms with Crippen LogP contribution >= 0.6 is 0 Å². The minimum Gasteiger partial charge on any atom is -0.495 e. The lowest BCUT2D eigenvalue weighted by Crippen LogP contribution is -2.09. The van der Waals surface area contributed by atoms with E-state index in [9.17, 15) is 0 Å². The molecule has 0 amide bonds. The van der Waals surface area contributed by atoms with Crippen molar-refractivity contribution >= 4 is 22.8 Å². The number of aromatic amines is 1. The molecule has 0 saturated heterocycles. The molecule has 0 fully saturated rings. The van der Waals surface area contributed by atoms with Crippen molar-refractivity contribution in [3.63, 3.8) is 0 Å². The van der Waals surface area contributed by atoms with Gasteiger partial charge in [-0.25, -0.2) is 9.59 Å². The summed E-state index contributed by atoms with van der Waals surface area (Å²) < 4.78 is 5.31. The van der Waals surface area contributed by atoms with Crippen LogP contribution in [0.15, 0.2) is 18.2 Å². The molecule has 21 heavy (non-hydrogen) atoms. The zero-order valence-corrected chi connectivity index (χ0v) is 11.8. The molecule has 0 saturated carbocycles. The Hall–Kier alpha value is -2.54. The summed E-state index contributed by atoms with van der Waals surface area (Å²) in [6, 6.07) is 6.07. The van der Waals surface area contributed by atoms with Crippen LogP contribution in [0.3, 0.4) is 0 Å². The van der Waals surface area contributed by atoms with E-state index in [1.807, 2.05) is 12.1 Å². The number of carboxylic acid groups (broad SMARTS) is 2. The van der Waals surface area contributed by atoms with Crippen LogP contribution in [0.4, 0.5) is 0 Å². The van der Waals surface area contributed by atoms with E-state index in [-0.39, 0.29) is 0 Å². The number of methoxy groups -OCH3 is 1. The van der Waals surface area contributed by atoms with Crippen LogP contribution in [-0.4, -0.2) is 40.8 Å². The normalized spacial score (nSPS) is 9.86. The van der Waals surface area contributed by atoms with Gasteiger partial charge in [-0.1, -0.05) is 12.1 Å². The smallest absolute Gasteiger partial charge is 0.414 e. The van der Waals surface area contributed by atoms with Crippen molar-refractivity contribution < 1.29 is 24.5 Å². The van der Waals surface area contributed by atoms with Crippen LogP contribution in [-0.2, 0) is 16.0 Å². The fourth-order valence-corrected chi connectivity index (χ4v) is 2.01. The molecule has 0 bridgehead atoms. The number of H-pyrrole nitrogens is 1. The van der Waals surface area contributed by atoms with E-state index in [1.165, 1.54) is 16.6 Å². The number of fused-ring (bicyclic) bond motifs is 1. The SMILES string of the molecule is COc1cccc2c(CCN)c(C)[nH]c12.O=C(O)C(=O)O. The lowest BCUT2D eigenvalue weighted by atomic mass is 10.1. The van der Waals surface area contributed by atoms with Crippen LogP contribution < -0.4 is 10.5 Å². The number of benzene rings is 1. The maximum Gasteiger partial charge on any atom is 0.414 e. The Morgan fingerprint density at radius 1 is 1.29 bits per heavy atom. The molecular formula is C14H18N2O5. The molecule has 5 N–H and O–H groups in total. The highest BCUT2D eigenvalue weighted by Gasteiger charge is 2.10. The first kappa shape index (κ1) is 16.5.